The maximum Gasteiger partial charge on any atom is 0.243 e. The third-order valence-corrected chi connectivity index (χ3v) is 5.44. The van der Waals surface area contributed by atoms with Gasteiger partial charge in [-0.05, 0) is 35.2 Å². The molecule has 2 heterocycles. The Bertz CT molecular complexity index is 958. The number of nitrogens with zero attached hydrogens (tertiary/aromatic N) is 1. The maximum absolute atomic E-state index is 13.7. The minimum atomic E-state index is -4.11. The van der Waals surface area contributed by atoms with E-state index in [1.807, 2.05) is 16.8 Å². The number of hydrogen-bond donors (Lipinski definition) is 1. The van der Waals surface area contributed by atoms with E-state index in [2.05, 4.69) is 9.71 Å². The van der Waals surface area contributed by atoms with Gasteiger partial charge < -0.3 is 0 Å². The van der Waals surface area contributed by atoms with Gasteiger partial charge in [-0.25, -0.2) is 21.9 Å². The van der Waals surface area contributed by atoms with Crippen molar-refractivity contribution >= 4 is 21.4 Å². The molecule has 4 nitrogen and oxygen atoms in total. The van der Waals surface area contributed by atoms with Crippen LogP contribution in [0.4, 0.5) is 8.78 Å². The molecule has 3 rings (SSSR count). The van der Waals surface area contributed by atoms with Crippen molar-refractivity contribution in [1.29, 1.82) is 0 Å². The number of pyridine rings is 1. The number of benzene rings is 1. The first-order valence-electron chi connectivity index (χ1n) is 6.88. The van der Waals surface area contributed by atoms with Crippen LogP contribution in [0.2, 0.25) is 0 Å². The Hall–Kier alpha value is -2.16. The smallest absolute Gasteiger partial charge is 0.243 e. The molecule has 3 aromatic rings. The lowest BCUT2D eigenvalue weighted by Gasteiger charge is -2.10. The molecule has 24 heavy (non-hydrogen) atoms. The van der Waals surface area contributed by atoms with E-state index in [1.54, 1.807) is 18.3 Å². The van der Waals surface area contributed by atoms with Crippen molar-refractivity contribution < 1.29 is 17.2 Å². The number of rotatable bonds is 5. The van der Waals surface area contributed by atoms with E-state index in [1.165, 1.54) is 11.3 Å². The Morgan fingerprint density at radius 1 is 1.17 bits per heavy atom. The average Bonchev–Trinajstić information content (AvgIpc) is 3.07. The fourth-order valence-corrected chi connectivity index (χ4v) is 3.89. The highest BCUT2D eigenvalue weighted by atomic mass is 32.2. The number of thiophene rings is 1. The van der Waals surface area contributed by atoms with Gasteiger partial charge in [0.2, 0.25) is 10.0 Å². The highest BCUT2D eigenvalue weighted by Crippen LogP contribution is 2.24. The van der Waals surface area contributed by atoms with Crippen LogP contribution in [0.3, 0.4) is 0 Å². The molecule has 124 valence electrons. The second-order valence-corrected chi connectivity index (χ2v) is 7.44. The van der Waals surface area contributed by atoms with Crippen LogP contribution in [0, 0.1) is 11.6 Å². The molecule has 0 bridgehead atoms. The Labute approximate surface area is 141 Å². The van der Waals surface area contributed by atoms with Gasteiger partial charge in [0.25, 0.3) is 0 Å². The summed E-state index contributed by atoms with van der Waals surface area (Å²) >= 11 is 1.50. The van der Waals surface area contributed by atoms with Crippen molar-refractivity contribution in [1.82, 2.24) is 9.71 Å². The van der Waals surface area contributed by atoms with E-state index in [0.717, 1.165) is 17.7 Å². The van der Waals surface area contributed by atoms with E-state index in [4.69, 9.17) is 0 Å². The van der Waals surface area contributed by atoms with Crippen LogP contribution in [-0.2, 0) is 16.6 Å². The summed E-state index contributed by atoms with van der Waals surface area (Å²) in [5.74, 6) is -1.97. The zero-order valence-electron chi connectivity index (χ0n) is 12.2. The van der Waals surface area contributed by atoms with Crippen molar-refractivity contribution in [3.05, 3.63) is 70.6 Å². The van der Waals surface area contributed by atoms with Crippen LogP contribution in [0.25, 0.3) is 11.3 Å². The molecule has 0 fully saturated rings. The zero-order chi connectivity index (χ0) is 17.2. The predicted molar refractivity (Wildman–Crippen MR) is 87.9 cm³/mol. The van der Waals surface area contributed by atoms with Crippen LogP contribution < -0.4 is 4.72 Å². The average molecular weight is 366 g/mol. The SMILES string of the molecule is O=S(=O)(NCc1cccnc1-c1ccsc1)c1ccc(F)cc1F. The summed E-state index contributed by atoms with van der Waals surface area (Å²) in [6, 6.07) is 7.65. The van der Waals surface area contributed by atoms with E-state index in [0.29, 0.717) is 17.3 Å². The summed E-state index contributed by atoms with van der Waals surface area (Å²) in [7, 11) is -4.11. The summed E-state index contributed by atoms with van der Waals surface area (Å²) < 4.78 is 53.5. The van der Waals surface area contributed by atoms with Crippen molar-refractivity contribution in [2.24, 2.45) is 0 Å². The topological polar surface area (TPSA) is 59.1 Å². The lowest BCUT2D eigenvalue weighted by Crippen LogP contribution is -2.24. The molecule has 0 aliphatic carbocycles. The lowest BCUT2D eigenvalue weighted by molar-refractivity contribution is 0.543. The Kier molecular flexibility index (Phi) is 4.70. The van der Waals surface area contributed by atoms with Crippen LogP contribution in [0.5, 0.6) is 0 Å². The Morgan fingerprint density at radius 3 is 2.71 bits per heavy atom. The van der Waals surface area contributed by atoms with Crippen molar-refractivity contribution in [3.8, 4) is 11.3 Å². The molecular formula is C16H12F2N2O2S2. The number of halogens is 2. The molecule has 1 aromatic carbocycles. The molecule has 0 radical (unpaired) electrons. The van der Waals surface area contributed by atoms with Crippen molar-refractivity contribution in [2.75, 3.05) is 0 Å². The van der Waals surface area contributed by atoms with E-state index in [-0.39, 0.29) is 6.54 Å². The van der Waals surface area contributed by atoms with Gasteiger partial charge in [-0.15, -0.1) is 0 Å². The summed E-state index contributed by atoms with van der Waals surface area (Å²) in [5.41, 5.74) is 2.19. The molecule has 0 aliphatic heterocycles. The molecule has 0 unspecified atom stereocenters. The summed E-state index contributed by atoms with van der Waals surface area (Å²) in [4.78, 5) is 3.68. The molecule has 0 spiro atoms. The summed E-state index contributed by atoms with van der Waals surface area (Å²) in [6.45, 7) is -0.0574. The zero-order valence-corrected chi connectivity index (χ0v) is 13.9. The van der Waals surface area contributed by atoms with E-state index in [9.17, 15) is 17.2 Å². The van der Waals surface area contributed by atoms with Crippen LogP contribution >= 0.6 is 11.3 Å². The molecule has 0 saturated carbocycles. The second kappa shape index (κ2) is 6.76. The highest BCUT2D eigenvalue weighted by Gasteiger charge is 2.20. The van der Waals surface area contributed by atoms with Crippen LogP contribution in [0.15, 0.2) is 58.3 Å². The first-order valence-corrected chi connectivity index (χ1v) is 9.31. The largest absolute Gasteiger partial charge is 0.256 e. The maximum atomic E-state index is 13.7. The molecule has 0 saturated heterocycles. The first-order chi connectivity index (χ1) is 11.5. The normalized spacial score (nSPS) is 11.6. The minimum absolute atomic E-state index is 0.0574. The number of hydrogen-bond acceptors (Lipinski definition) is 4. The molecule has 8 heteroatoms. The van der Waals surface area contributed by atoms with Crippen molar-refractivity contribution in [3.63, 3.8) is 0 Å². The van der Waals surface area contributed by atoms with E-state index < -0.39 is 26.6 Å². The van der Waals surface area contributed by atoms with Gasteiger partial charge in [0.05, 0.1) is 5.69 Å². The van der Waals surface area contributed by atoms with Gasteiger partial charge in [0.15, 0.2) is 0 Å². The molecule has 0 amide bonds. The quantitative estimate of drug-likeness (QED) is 0.751. The first kappa shape index (κ1) is 16.7. The number of sulfonamides is 1. The van der Waals surface area contributed by atoms with Crippen LogP contribution in [0.1, 0.15) is 5.56 Å². The summed E-state index contributed by atoms with van der Waals surface area (Å²) in [5, 5.41) is 3.80. The molecule has 0 atom stereocenters. The standard InChI is InChI=1S/C16H12F2N2O2S2/c17-13-3-4-15(14(18)8-13)24(21,22)20-9-11-2-1-6-19-16(11)12-5-7-23-10-12/h1-8,10,20H,9H2. The highest BCUT2D eigenvalue weighted by molar-refractivity contribution is 7.89. The van der Waals surface area contributed by atoms with Gasteiger partial charge in [-0.1, -0.05) is 6.07 Å². The molecular weight excluding hydrogens is 354 g/mol. The molecule has 0 aliphatic rings. The molecule has 2 aromatic heterocycles. The summed E-state index contributed by atoms with van der Waals surface area (Å²) in [6.07, 6.45) is 1.62. The van der Waals surface area contributed by atoms with Gasteiger partial charge in [-0.3, -0.25) is 4.98 Å². The minimum Gasteiger partial charge on any atom is -0.256 e. The number of nitrogens with one attached hydrogen (secondary N) is 1. The monoisotopic (exact) mass is 366 g/mol. The van der Waals surface area contributed by atoms with E-state index >= 15 is 0 Å². The Morgan fingerprint density at radius 2 is 2.00 bits per heavy atom. The Balaban J connectivity index is 1.86. The second-order valence-electron chi connectivity index (χ2n) is 4.92. The third-order valence-electron chi connectivity index (χ3n) is 3.32. The van der Waals surface area contributed by atoms with Gasteiger partial charge in [-0.2, -0.15) is 11.3 Å². The van der Waals surface area contributed by atoms with Gasteiger partial charge >= 0.3 is 0 Å². The third kappa shape index (κ3) is 3.50. The predicted octanol–water partition coefficient (Wildman–Crippen LogP) is 3.57. The van der Waals surface area contributed by atoms with Crippen molar-refractivity contribution in [2.45, 2.75) is 11.4 Å². The van der Waals surface area contributed by atoms with Crippen LogP contribution in [-0.4, -0.2) is 13.4 Å². The lowest BCUT2D eigenvalue weighted by atomic mass is 10.1. The fourth-order valence-electron chi connectivity index (χ4n) is 2.18. The van der Waals surface area contributed by atoms with Gasteiger partial charge in [0.1, 0.15) is 16.5 Å². The number of aromatic nitrogens is 1. The van der Waals surface area contributed by atoms with Gasteiger partial charge in [0, 0.05) is 29.8 Å². The molecule has 1 N–H and O–H groups in total. The fraction of sp³-hybridized carbons (Fsp3) is 0.0625.